The standard InChI is InChI=1S/C16H21N5O2/c1-20-7-6-18-15(16(20)22)19-10-14-12-21(8-9-23-14)11-13-2-4-17-5-3-13/h2-7,14H,8-12H2,1H3,(H,18,19). The molecule has 122 valence electrons. The number of anilines is 1. The predicted molar refractivity (Wildman–Crippen MR) is 87.2 cm³/mol. The highest BCUT2D eigenvalue weighted by molar-refractivity contribution is 5.30. The number of rotatable bonds is 5. The lowest BCUT2D eigenvalue weighted by atomic mass is 10.2. The second-order valence-electron chi connectivity index (χ2n) is 5.66. The molecule has 2 aromatic rings. The van der Waals surface area contributed by atoms with Gasteiger partial charge in [0.25, 0.3) is 5.56 Å². The SMILES string of the molecule is Cn1ccnc(NCC2CN(Cc3ccncc3)CCO2)c1=O. The number of morpholine rings is 1. The Morgan fingerprint density at radius 3 is 3.00 bits per heavy atom. The molecule has 7 nitrogen and oxygen atoms in total. The van der Waals surface area contributed by atoms with Crippen LogP contribution in [-0.4, -0.2) is 51.8 Å². The summed E-state index contributed by atoms with van der Waals surface area (Å²) in [6.07, 6.45) is 6.91. The van der Waals surface area contributed by atoms with Crippen molar-refractivity contribution in [1.82, 2.24) is 19.4 Å². The van der Waals surface area contributed by atoms with Crippen LogP contribution in [0.5, 0.6) is 0 Å². The van der Waals surface area contributed by atoms with Crippen LogP contribution in [0.2, 0.25) is 0 Å². The van der Waals surface area contributed by atoms with Gasteiger partial charge in [-0.05, 0) is 17.7 Å². The number of hydrogen-bond acceptors (Lipinski definition) is 6. The topological polar surface area (TPSA) is 72.3 Å². The molecule has 1 N–H and O–H groups in total. The minimum absolute atomic E-state index is 0.0392. The Hall–Kier alpha value is -2.25. The molecule has 2 aromatic heterocycles. The molecule has 3 rings (SSSR count). The highest BCUT2D eigenvalue weighted by Crippen LogP contribution is 2.10. The summed E-state index contributed by atoms with van der Waals surface area (Å²) >= 11 is 0. The number of nitrogens with one attached hydrogen (secondary N) is 1. The molecule has 1 unspecified atom stereocenters. The summed E-state index contributed by atoms with van der Waals surface area (Å²) in [5, 5.41) is 3.10. The molecule has 7 heteroatoms. The van der Waals surface area contributed by atoms with Crippen LogP contribution < -0.4 is 10.9 Å². The number of pyridine rings is 1. The van der Waals surface area contributed by atoms with E-state index in [1.807, 2.05) is 24.5 Å². The lowest BCUT2D eigenvalue weighted by Gasteiger charge is -2.33. The van der Waals surface area contributed by atoms with Gasteiger partial charge in [0, 0.05) is 58.0 Å². The minimum atomic E-state index is -0.128. The first-order valence-corrected chi connectivity index (χ1v) is 7.71. The Morgan fingerprint density at radius 2 is 2.17 bits per heavy atom. The van der Waals surface area contributed by atoms with Gasteiger partial charge in [-0.25, -0.2) is 4.98 Å². The molecule has 0 spiro atoms. The van der Waals surface area contributed by atoms with Crippen molar-refractivity contribution in [1.29, 1.82) is 0 Å². The number of aromatic nitrogens is 3. The van der Waals surface area contributed by atoms with E-state index in [9.17, 15) is 4.79 Å². The van der Waals surface area contributed by atoms with Crippen molar-refractivity contribution in [3.05, 3.63) is 52.8 Å². The van der Waals surface area contributed by atoms with Crippen LogP contribution in [0.25, 0.3) is 0 Å². The van der Waals surface area contributed by atoms with Crippen molar-refractivity contribution >= 4 is 5.82 Å². The Morgan fingerprint density at radius 1 is 1.35 bits per heavy atom. The number of nitrogens with zero attached hydrogens (tertiary/aromatic N) is 4. The van der Waals surface area contributed by atoms with E-state index in [1.165, 1.54) is 10.1 Å². The van der Waals surface area contributed by atoms with Crippen molar-refractivity contribution in [3.63, 3.8) is 0 Å². The van der Waals surface area contributed by atoms with Gasteiger partial charge in [0.05, 0.1) is 12.7 Å². The van der Waals surface area contributed by atoms with Crippen molar-refractivity contribution in [2.24, 2.45) is 7.05 Å². The Kier molecular flexibility index (Phi) is 4.99. The van der Waals surface area contributed by atoms with Gasteiger partial charge in [0.1, 0.15) is 0 Å². The van der Waals surface area contributed by atoms with E-state index in [-0.39, 0.29) is 11.7 Å². The van der Waals surface area contributed by atoms with E-state index in [0.717, 1.165) is 19.6 Å². The lowest BCUT2D eigenvalue weighted by molar-refractivity contribution is -0.0240. The van der Waals surface area contributed by atoms with E-state index in [1.54, 1.807) is 19.4 Å². The first-order valence-electron chi connectivity index (χ1n) is 7.71. The number of hydrogen-bond donors (Lipinski definition) is 1. The summed E-state index contributed by atoms with van der Waals surface area (Å²) in [5.74, 6) is 0.366. The molecule has 1 saturated heterocycles. The minimum Gasteiger partial charge on any atom is -0.374 e. The maximum atomic E-state index is 11.9. The molecule has 1 atom stereocenters. The monoisotopic (exact) mass is 315 g/mol. The lowest BCUT2D eigenvalue weighted by Crippen LogP contribution is -2.45. The largest absolute Gasteiger partial charge is 0.374 e. The fraction of sp³-hybridized carbons (Fsp3) is 0.438. The summed E-state index contributed by atoms with van der Waals surface area (Å²) in [6.45, 7) is 3.87. The average molecular weight is 315 g/mol. The van der Waals surface area contributed by atoms with Gasteiger partial charge in [-0.3, -0.25) is 14.7 Å². The normalized spacial score (nSPS) is 18.7. The Labute approximate surface area is 134 Å². The molecule has 1 aliphatic rings. The van der Waals surface area contributed by atoms with E-state index < -0.39 is 0 Å². The predicted octanol–water partition coefficient (Wildman–Crippen LogP) is 0.488. The van der Waals surface area contributed by atoms with Crippen molar-refractivity contribution in [3.8, 4) is 0 Å². The van der Waals surface area contributed by atoms with Crippen LogP contribution in [0.1, 0.15) is 5.56 Å². The molecular formula is C16H21N5O2. The summed E-state index contributed by atoms with van der Waals surface area (Å²) in [5.41, 5.74) is 1.11. The van der Waals surface area contributed by atoms with Gasteiger partial charge in [0.15, 0.2) is 5.82 Å². The summed E-state index contributed by atoms with van der Waals surface area (Å²) in [7, 11) is 1.71. The maximum absolute atomic E-state index is 11.9. The van der Waals surface area contributed by atoms with Crippen LogP contribution in [0.3, 0.4) is 0 Å². The molecule has 1 aliphatic heterocycles. The Bertz CT molecular complexity index is 688. The third kappa shape index (κ3) is 4.14. The van der Waals surface area contributed by atoms with Gasteiger partial charge in [0.2, 0.25) is 0 Å². The first-order chi connectivity index (χ1) is 11.2. The smallest absolute Gasteiger partial charge is 0.293 e. The molecular weight excluding hydrogens is 294 g/mol. The molecule has 0 radical (unpaired) electrons. The van der Waals surface area contributed by atoms with E-state index >= 15 is 0 Å². The third-order valence-corrected chi connectivity index (χ3v) is 3.89. The average Bonchev–Trinajstić information content (AvgIpc) is 2.57. The summed E-state index contributed by atoms with van der Waals surface area (Å²) in [4.78, 5) is 22.4. The van der Waals surface area contributed by atoms with Crippen molar-refractivity contribution in [2.45, 2.75) is 12.6 Å². The molecule has 3 heterocycles. The van der Waals surface area contributed by atoms with Crippen molar-refractivity contribution in [2.75, 3.05) is 31.6 Å². The zero-order valence-electron chi connectivity index (χ0n) is 13.2. The molecule has 0 aliphatic carbocycles. The van der Waals surface area contributed by atoms with Gasteiger partial charge in [-0.15, -0.1) is 0 Å². The second-order valence-corrected chi connectivity index (χ2v) is 5.66. The van der Waals surface area contributed by atoms with Gasteiger partial charge >= 0.3 is 0 Å². The quantitative estimate of drug-likeness (QED) is 0.866. The molecule has 0 bridgehead atoms. The van der Waals surface area contributed by atoms with Gasteiger partial charge < -0.3 is 14.6 Å². The highest BCUT2D eigenvalue weighted by Gasteiger charge is 2.20. The van der Waals surface area contributed by atoms with E-state index in [2.05, 4.69) is 20.2 Å². The molecule has 0 aromatic carbocycles. The number of aryl methyl sites for hydroxylation is 1. The number of ether oxygens (including phenoxy) is 1. The molecule has 23 heavy (non-hydrogen) atoms. The highest BCUT2D eigenvalue weighted by atomic mass is 16.5. The first kappa shape index (κ1) is 15.6. The molecule has 1 fully saturated rings. The van der Waals surface area contributed by atoms with Crippen LogP contribution in [0.15, 0.2) is 41.7 Å². The van der Waals surface area contributed by atoms with Crippen LogP contribution in [0, 0.1) is 0 Å². The van der Waals surface area contributed by atoms with Gasteiger partial charge in [-0.2, -0.15) is 0 Å². The zero-order chi connectivity index (χ0) is 16.1. The van der Waals surface area contributed by atoms with Crippen LogP contribution in [0.4, 0.5) is 5.82 Å². The third-order valence-electron chi connectivity index (χ3n) is 3.89. The van der Waals surface area contributed by atoms with Crippen LogP contribution in [-0.2, 0) is 18.3 Å². The fourth-order valence-electron chi connectivity index (χ4n) is 2.62. The zero-order valence-corrected chi connectivity index (χ0v) is 13.2. The fourth-order valence-corrected chi connectivity index (χ4v) is 2.62. The maximum Gasteiger partial charge on any atom is 0.293 e. The van der Waals surface area contributed by atoms with E-state index in [4.69, 9.17) is 4.74 Å². The molecule has 0 amide bonds. The second kappa shape index (κ2) is 7.34. The van der Waals surface area contributed by atoms with Gasteiger partial charge in [-0.1, -0.05) is 0 Å². The molecule has 0 saturated carbocycles. The summed E-state index contributed by atoms with van der Waals surface area (Å²) < 4.78 is 7.29. The summed E-state index contributed by atoms with van der Waals surface area (Å²) in [6, 6.07) is 4.06. The van der Waals surface area contributed by atoms with Crippen LogP contribution >= 0.6 is 0 Å². The Balaban J connectivity index is 1.54. The van der Waals surface area contributed by atoms with Crippen molar-refractivity contribution < 1.29 is 4.74 Å². The van der Waals surface area contributed by atoms with E-state index in [0.29, 0.717) is 19.0 Å².